The maximum Gasteiger partial charge on any atom is 0.416 e. The number of carbonyl (C=O) groups is 1. The summed E-state index contributed by atoms with van der Waals surface area (Å²) >= 11 is 0. The molecule has 0 fully saturated rings. The lowest BCUT2D eigenvalue weighted by Crippen LogP contribution is -2.20. The highest BCUT2D eigenvalue weighted by atomic mass is 32.2. The maximum absolute atomic E-state index is 13.4. The van der Waals surface area contributed by atoms with Gasteiger partial charge in [-0.05, 0) is 55.0 Å². The van der Waals surface area contributed by atoms with E-state index in [0.717, 1.165) is 36.4 Å². The van der Waals surface area contributed by atoms with E-state index in [4.69, 9.17) is 0 Å². The first-order valence-electron chi connectivity index (χ1n) is 9.19. The number of sulfonamides is 1. The van der Waals surface area contributed by atoms with E-state index in [1.807, 2.05) is 0 Å². The van der Waals surface area contributed by atoms with E-state index in [1.165, 1.54) is 25.1 Å². The number of benzene rings is 3. The summed E-state index contributed by atoms with van der Waals surface area (Å²) in [4.78, 5) is 11.9. The van der Waals surface area contributed by atoms with Crippen molar-refractivity contribution >= 4 is 33.1 Å². The van der Waals surface area contributed by atoms with Crippen LogP contribution in [-0.4, -0.2) is 14.4 Å². The minimum absolute atomic E-state index is 0.0238. The number of rotatable bonds is 5. The average molecular weight is 485 g/mol. The van der Waals surface area contributed by atoms with Gasteiger partial charge in [0.15, 0.2) is 11.6 Å². The SMILES string of the molecule is Cc1ccc(NC(=O)Nc2cccc(C(F)(F)F)c2)cc1S(=O)(=O)Nc1ccc(F)c(F)c1. The van der Waals surface area contributed by atoms with Crippen LogP contribution in [0.1, 0.15) is 11.1 Å². The predicted octanol–water partition coefficient (Wildman–Crippen LogP) is 5.74. The van der Waals surface area contributed by atoms with Crippen LogP contribution in [0.5, 0.6) is 0 Å². The fraction of sp³-hybridized carbons (Fsp3) is 0.0952. The number of hydrogen-bond acceptors (Lipinski definition) is 3. The number of amides is 2. The van der Waals surface area contributed by atoms with Crippen LogP contribution in [-0.2, 0) is 16.2 Å². The molecule has 0 aromatic heterocycles. The summed E-state index contributed by atoms with van der Waals surface area (Å²) in [5, 5.41) is 4.57. The van der Waals surface area contributed by atoms with Gasteiger partial charge in [0.1, 0.15) is 0 Å². The molecule has 0 aliphatic rings. The zero-order chi connectivity index (χ0) is 24.4. The molecule has 3 aromatic carbocycles. The van der Waals surface area contributed by atoms with Crippen LogP contribution in [0.4, 0.5) is 43.8 Å². The predicted molar refractivity (Wildman–Crippen MR) is 112 cm³/mol. The van der Waals surface area contributed by atoms with Crippen molar-refractivity contribution in [3.05, 3.63) is 83.4 Å². The minimum atomic E-state index is -4.59. The van der Waals surface area contributed by atoms with Crippen LogP contribution < -0.4 is 15.4 Å². The van der Waals surface area contributed by atoms with Crippen LogP contribution in [0.2, 0.25) is 0 Å². The molecule has 12 heteroatoms. The molecule has 3 rings (SSSR count). The zero-order valence-corrected chi connectivity index (χ0v) is 17.6. The summed E-state index contributed by atoms with van der Waals surface area (Å²) in [7, 11) is -4.25. The molecule has 0 heterocycles. The first kappa shape index (κ1) is 24.0. The molecule has 0 unspecified atom stereocenters. The third kappa shape index (κ3) is 5.98. The second-order valence-corrected chi connectivity index (χ2v) is 8.52. The molecule has 0 spiro atoms. The Labute approximate surface area is 185 Å². The largest absolute Gasteiger partial charge is 0.416 e. The monoisotopic (exact) mass is 485 g/mol. The number of alkyl halides is 3. The Morgan fingerprint density at radius 2 is 1.45 bits per heavy atom. The number of aryl methyl sites for hydroxylation is 1. The lowest BCUT2D eigenvalue weighted by molar-refractivity contribution is -0.137. The molecular formula is C21H16F5N3O3S. The van der Waals surface area contributed by atoms with Gasteiger partial charge in [0.2, 0.25) is 0 Å². The maximum atomic E-state index is 13.4. The number of urea groups is 1. The number of nitrogens with one attached hydrogen (secondary N) is 3. The van der Waals surface area contributed by atoms with Crippen molar-refractivity contribution < 1.29 is 35.2 Å². The fourth-order valence-corrected chi connectivity index (χ4v) is 4.13. The van der Waals surface area contributed by atoms with Crippen LogP contribution in [0.15, 0.2) is 65.6 Å². The zero-order valence-electron chi connectivity index (χ0n) is 16.8. The van der Waals surface area contributed by atoms with Gasteiger partial charge < -0.3 is 10.6 Å². The molecule has 2 amide bonds. The van der Waals surface area contributed by atoms with Crippen molar-refractivity contribution in [2.45, 2.75) is 18.0 Å². The van der Waals surface area contributed by atoms with Crippen LogP contribution in [0, 0.1) is 18.6 Å². The molecule has 33 heavy (non-hydrogen) atoms. The Bertz CT molecular complexity index is 1310. The van der Waals surface area contributed by atoms with Gasteiger partial charge in [-0.3, -0.25) is 4.72 Å². The van der Waals surface area contributed by atoms with Gasteiger partial charge in [-0.2, -0.15) is 13.2 Å². The van der Waals surface area contributed by atoms with Crippen LogP contribution in [0.25, 0.3) is 0 Å². The van der Waals surface area contributed by atoms with Crippen molar-refractivity contribution in [3.8, 4) is 0 Å². The Morgan fingerprint density at radius 1 is 0.818 bits per heavy atom. The van der Waals surface area contributed by atoms with E-state index in [9.17, 15) is 35.2 Å². The lowest BCUT2D eigenvalue weighted by atomic mass is 10.2. The molecule has 0 saturated carbocycles. The molecular weight excluding hydrogens is 469 g/mol. The van der Waals surface area contributed by atoms with Gasteiger partial charge in [-0.25, -0.2) is 22.0 Å². The van der Waals surface area contributed by atoms with Crippen molar-refractivity contribution in [2.75, 3.05) is 15.4 Å². The molecule has 0 radical (unpaired) electrons. The molecule has 3 N–H and O–H groups in total. The van der Waals surface area contributed by atoms with E-state index in [-0.39, 0.29) is 27.5 Å². The molecule has 0 aliphatic carbocycles. The summed E-state index contributed by atoms with van der Waals surface area (Å²) in [6.07, 6.45) is -4.59. The molecule has 0 aliphatic heterocycles. The Hall–Kier alpha value is -3.67. The van der Waals surface area contributed by atoms with E-state index in [1.54, 1.807) is 0 Å². The number of halogens is 5. The van der Waals surface area contributed by atoms with E-state index >= 15 is 0 Å². The highest BCUT2D eigenvalue weighted by Gasteiger charge is 2.30. The summed E-state index contributed by atoms with van der Waals surface area (Å²) in [6, 6.07) is 9.43. The highest BCUT2D eigenvalue weighted by molar-refractivity contribution is 7.92. The first-order valence-corrected chi connectivity index (χ1v) is 10.7. The smallest absolute Gasteiger partial charge is 0.308 e. The Balaban J connectivity index is 1.78. The van der Waals surface area contributed by atoms with Gasteiger partial charge in [0.05, 0.1) is 16.1 Å². The van der Waals surface area contributed by atoms with Crippen LogP contribution in [0.3, 0.4) is 0 Å². The first-order chi connectivity index (χ1) is 15.3. The molecule has 3 aromatic rings. The Morgan fingerprint density at radius 3 is 2.09 bits per heavy atom. The van der Waals surface area contributed by atoms with Gasteiger partial charge in [-0.1, -0.05) is 12.1 Å². The minimum Gasteiger partial charge on any atom is -0.308 e. The summed E-state index contributed by atoms with van der Waals surface area (Å²) < 4.78 is 92.5. The van der Waals surface area contributed by atoms with Gasteiger partial charge in [0.25, 0.3) is 10.0 Å². The molecule has 0 atom stereocenters. The molecule has 174 valence electrons. The fourth-order valence-electron chi connectivity index (χ4n) is 2.80. The quantitative estimate of drug-likeness (QED) is 0.403. The lowest BCUT2D eigenvalue weighted by Gasteiger charge is -2.14. The summed E-state index contributed by atoms with van der Waals surface area (Å²) in [5.41, 5.74) is -0.979. The number of anilines is 3. The molecule has 0 bridgehead atoms. The third-order valence-electron chi connectivity index (χ3n) is 4.36. The molecule has 0 saturated heterocycles. The topological polar surface area (TPSA) is 87.3 Å². The van der Waals surface area contributed by atoms with Gasteiger partial charge >= 0.3 is 12.2 Å². The molecule has 6 nitrogen and oxygen atoms in total. The summed E-state index contributed by atoms with van der Waals surface area (Å²) in [6.45, 7) is 1.48. The van der Waals surface area contributed by atoms with Crippen molar-refractivity contribution in [1.29, 1.82) is 0 Å². The van der Waals surface area contributed by atoms with Gasteiger partial charge in [-0.15, -0.1) is 0 Å². The van der Waals surface area contributed by atoms with E-state index in [0.29, 0.717) is 6.07 Å². The number of carbonyl (C=O) groups excluding carboxylic acids is 1. The van der Waals surface area contributed by atoms with Crippen LogP contribution >= 0.6 is 0 Å². The van der Waals surface area contributed by atoms with Crippen molar-refractivity contribution in [3.63, 3.8) is 0 Å². The number of hydrogen-bond donors (Lipinski definition) is 3. The van der Waals surface area contributed by atoms with E-state index < -0.39 is 39.4 Å². The Kier molecular flexibility index (Phi) is 6.58. The standard InChI is InChI=1S/C21H16F5N3O3S/c1-12-5-6-15(28-20(30)27-14-4-2-3-13(9-14)21(24,25)26)11-19(12)33(31,32)29-16-7-8-17(22)18(23)10-16/h2-11,29H,1H3,(H2,27,28,30). The van der Waals surface area contributed by atoms with Crippen molar-refractivity contribution in [1.82, 2.24) is 0 Å². The van der Waals surface area contributed by atoms with Gasteiger partial charge in [0, 0.05) is 17.4 Å². The summed E-state index contributed by atoms with van der Waals surface area (Å²) in [5.74, 6) is -2.39. The third-order valence-corrected chi connectivity index (χ3v) is 5.88. The van der Waals surface area contributed by atoms with E-state index in [2.05, 4.69) is 15.4 Å². The highest BCUT2D eigenvalue weighted by Crippen LogP contribution is 2.31. The average Bonchev–Trinajstić information content (AvgIpc) is 2.71. The second-order valence-electron chi connectivity index (χ2n) is 6.87. The normalized spacial score (nSPS) is 11.7. The van der Waals surface area contributed by atoms with Crippen molar-refractivity contribution in [2.24, 2.45) is 0 Å². The second kappa shape index (κ2) is 9.06.